The first-order chi connectivity index (χ1) is 9.71. The molecule has 1 aliphatic carbocycles. The Morgan fingerprint density at radius 2 is 1.40 bits per heavy atom. The van der Waals surface area contributed by atoms with Crippen molar-refractivity contribution in [2.75, 3.05) is 0 Å². The van der Waals surface area contributed by atoms with Crippen molar-refractivity contribution in [1.29, 1.82) is 0 Å². The van der Waals surface area contributed by atoms with Crippen molar-refractivity contribution in [2.24, 2.45) is 5.92 Å². The van der Waals surface area contributed by atoms with Gasteiger partial charge in [0.05, 0.1) is 0 Å². The Bertz CT molecular complexity index is 548. The Balaban J connectivity index is 2.06. The third-order valence-electron chi connectivity index (χ3n) is 4.87. The molecule has 2 aromatic rings. The number of hydrogen-bond acceptors (Lipinski definition) is 1. The maximum absolute atomic E-state index is 9.55. The fourth-order valence-electron chi connectivity index (χ4n) is 3.54. The summed E-state index contributed by atoms with van der Waals surface area (Å²) in [4.78, 5) is 0. The molecule has 0 atom stereocenters. The van der Waals surface area contributed by atoms with Crippen LogP contribution in [0.15, 0.2) is 54.6 Å². The van der Waals surface area contributed by atoms with Crippen LogP contribution in [-0.4, -0.2) is 5.11 Å². The summed E-state index contributed by atoms with van der Waals surface area (Å²) in [6.07, 6.45) is 4.94. The first-order valence-corrected chi connectivity index (χ1v) is 7.56. The highest BCUT2D eigenvalue weighted by Crippen LogP contribution is 2.46. The summed E-state index contributed by atoms with van der Waals surface area (Å²) in [6.45, 7) is 2.35. The molecule has 0 spiro atoms. The summed E-state index contributed by atoms with van der Waals surface area (Å²) < 4.78 is 0. The molecule has 0 aromatic heterocycles. The second kappa shape index (κ2) is 5.32. The molecule has 1 heteroatoms. The molecule has 0 unspecified atom stereocenters. The lowest BCUT2D eigenvalue weighted by Crippen LogP contribution is -2.32. The van der Waals surface area contributed by atoms with Gasteiger partial charge in [-0.2, -0.15) is 0 Å². The minimum Gasteiger partial charge on any atom is -0.508 e. The van der Waals surface area contributed by atoms with Gasteiger partial charge in [-0.25, -0.2) is 0 Å². The van der Waals surface area contributed by atoms with E-state index in [1.54, 1.807) is 0 Å². The first kappa shape index (κ1) is 13.2. The maximum Gasteiger partial charge on any atom is 0.115 e. The van der Waals surface area contributed by atoms with Crippen molar-refractivity contribution < 1.29 is 5.11 Å². The lowest BCUT2D eigenvalue weighted by atomic mass is 9.63. The Kier molecular flexibility index (Phi) is 3.52. The predicted molar refractivity (Wildman–Crippen MR) is 83.0 cm³/mol. The van der Waals surface area contributed by atoms with Crippen LogP contribution in [0.25, 0.3) is 0 Å². The zero-order chi connectivity index (χ0) is 14.0. The molecule has 3 rings (SSSR count). The van der Waals surface area contributed by atoms with Gasteiger partial charge in [0.15, 0.2) is 0 Å². The van der Waals surface area contributed by atoms with Gasteiger partial charge in [-0.3, -0.25) is 0 Å². The standard InChI is InChI=1S/C19H22O/c1-15-11-13-19(14-12-15,16-5-3-2-4-6-16)17-7-9-18(20)10-8-17/h2-10,15,20H,11-14H2,1H3. The number of phenolic OH excluding ortho intramolecular Hbond substituents is 1. The van der Waals surface area contributed by atoms with Crippen molar-refractivity contribution >= 4 is 0 Å². The zero-order valence-electron chi connectivity index (χ0n) is 12.0. The van der Waals surface area contributed by atoms with E-state index in [4.69, 9.17) is 0 Å². The molecule has 1 N–H and O–H groups in total. The fourth-order valence-corrected chi connectivity index (χ4v) is 3.54. The summed E-state index contributed by atoms with van der Waals surface area (Å²) in [5.41, 5.74) is 2.88. The van der Waals surface area contributed by atoms with Crippen LogP contribution in [0.1, 0.15) is 43.7 Å². The van der Waals surface area contributed by atoms with Crippen LogP contribution >= 0.6 is 0 Å². The highest BCUT2D eigenvalue weighted by atomic mass is 16.3. The van der Waals surface area contributed by atoms with Gasteiger partial charge in [0.25, 0.3) is 0 Å². The summed E-state index contributed by atoms with van der Waals surface area (Å²) in [5, 5.41) is 9.55. The average Bonchev–Trinajstić information content (AvgIpc) is 2.50. The topological polar surface area (TPSA) is 20.2 Å². The van der Waals surface area contributed by atoms with Crippen molar-refractivity contribution in [3.8, 4) is 5.75 Å². The minimum absolute atomic E-state index is 0.126. The van der Waals surface area contributed by atoms with Crippen LogP contribution < -0.4 is 0 Å². The predicted octanol–water partition coefficient (Wildman–Crippen LogP) is 4.89. The number of benzene rings is 2. The molecule has 0 radical (unpaired) electrons. The average molecular weight is 266 g/mol. The van der Waals surface area contributed by atoms with Gasteiger partial charge in [-0.05, 0) is 54.9 Å². The van der Waals surface area contributed by atoms with E-state index in [0.717, 1.165) is 5.92 Å². The summed E-state index contributed by atoms with van der Waals surface area (Å²) >= 11 is 0. The molecule has 0 bridgehead atoms. The van der Waals surface area contributed by atoms with Gasteiger partial charge < -0.3 is 5.11 Å². The first-order valence-electron chi connectivity index (χ1n) is 7.56. The summed E-state index contributed by atoms with van der Waals surface area (Å²) in [5.74, 6) is 1.17. The normalized spacial score (nSPS) is 26.4. The van der Waals surface area contributed by atoms with Gasteiger partial charge in [0.2, 0.25) is 0 Å². The molecule has 0 saturated heterocycles. The molecule has 1 aliphatic rings. The van der Waals surface area contributed by atoms with Crippen LogP contribution in [-0.2, 0) is 5.41 Å². The molecule has 104 valence electrons. The second-order valence-electron chi connectivity index (χ2n) is 6.18. The lowest BCUT2D eigenvalue weighted by Gasteiger charge is -2.40. The number of rotatable bonds is 2. The molecule has 0 aliphatic heterocycles. The molecule has 0 heterocycles. The van der Waals surface area contributed by atoms with E-state index in [9.17, 15) is 5.11 Å². The Morgan fingerprint density at radius 3 is 2.00 bits per heavy atom. The quantitative estimate of drug-likeness (QED) is 0.820. The van der Waals surface area contributed by atoms with Crippen LogP contribution in [0.4, 0.5) is 0 Å². The van der Waals surface area contributed by atoms with Gasteiger partial charge in [0.1, 0.15) is 5.75 Å². The molecule has 1 fully saturated rings. The van der Waals surface area contributed by atoms with Gasteiger partial charge in [-0.15, -0.1) is 0 Å². The number of aromatic hydroxyl groups is 1. The molecule has 1 nitrogen and oxygen atoms in total. The highest BCUT2D eigenvalue weighted by Gasteiger charge is 2.37. The lowest BCUT2D eigenvalue weighted by molar-refractivity contribution is 0.280. The SMILES string of the molecule is CC1CCC(c2ccccc2)(c2ccc(O)cc2)CC1. The van der Waals surface area contributed by atoms with Gasteiger partial charge >= 0.3 is 0 Å². The molecular weight excluding hydrogens is 244 g/mol. The van der Waals surface area contributed by atoms with E-state index in [0.29, 0.717) is 5.75 Å². The fraction of sp³-hybridized carbons (Fsp3) is 0.368. The van der Waals surface area contributed by atoms with Crippen LogP contribution in [0.2, 0.25) is 0 Å². The van der Waals surface area contributed by atoms with Crippen LogP contribution in [0, 0.1) is 5.92 Å². The van der Waals surface area contributed by atoms with E-state index < -0.39 is 0 Å². The summed E-state index contributed by atoms with van der Waals surface area (Å²) in [6, 6.07) is 18.7. The van der Waals surface area contributed by atoms with Crippen molar-refractivity contribution in [3.63, 3.8) is 0 Å². The van der Waals surface area contributed by atoms with E-state index in [1.165, 1.54) is 36.8 Å². The number of phenols is 1. The Morgan fingerprint density at radius 1 is 0.850 bits per heavy atom. The van der Waals surface area contributed by atoms with E-state index in [2.05, 4.69) is 49.4 Å². The van der Waals surface area contributed by atoms with E-state index in [1.807, 2.05) is 12.1 Å². The van der Waals surface area contributed by atoms with Crippen LogP contribution in [0.3, 0.4) is 0 Å². The van der Waals surface area contributed by atoms with Crippen molar-refractivity contribution in [2.45, 2.75) is 38.0 Å². The van der Waals surface area contributed by atoms with Crippen molar-refractivity contribution in [1.82, 2.24) is 0 Å². The minimum atomic E-state index is 0.126. The van der Waals surface area contributed by atoms with E-state index in [-0.39, 0.29) is 5.41 Å². The van der Waals surface area contributed by atoms with E-state index >= 15 is 0 Å². The van der Waals surface area contributed by atoms with Crippen LogP contribution in [0.5, 0.6) is 5.75 Å². The second-order valence-corrected chi connectivity index (χ2v) is 6.18. The third-order valence-corrected chi connectivity index (χ3v) is 4.87. The molecule has 1 saturated carbocycles. The maximum atomic E-state index is 9.55. The monoisotopic (exact) mass is 266 g/mol. The Hall–Kier alpha value is -1.76. The van der Waals surface area contributed by atoms with Gasteiger partial charge in [0, 0.05) is 5.41 Å². The third kappa shape index (κ3) is 2.33. The molecule has 0 amide bonds. The smallest absolute Gasteiger partial charge is 0.115 e. The zero-order valence-corrected chi connectivity index (χ0v) is 12.0. The Labute approximate surface area is 121 Å². The molecule has 2 aromatic carbocycles. The van der Waals surface area contributed by atoms with Gasteiger partial charge in [-0.1, -0.05) is 49.4 Å². The molecular formula is C19H22O. The van der Waals surface area contributed by atoms with Crippen molar-refractivity contribution in [3.05, 3.63) is 65.7 Å². The number of hydrogen-bond donors (Lipinski definition) is 1. The largest absolute Gasteiger partial charge is 0.508 e. The summed E-state index contributed by atoms with van der Waals surface area (Å²) in [7, 11) is 0. The highest BCUT2D eigenvalue weighted by molar-refractivity contribution is 5.41. The molecule has 20 heavy (non-hydrogen) atoms.